The van der Waals surface area contributed by atoms with Gasteiger partial charge in [-0.25, -0.2) is 4.39 Å². The molecule has 0 atom stereocenters. The lowest BCUT2D eigenvalue weighted by Crippen LogP contribution is -2.07. The molecule has 1 aromatic carbocycles. The molecule has 0 fully saturated rings. The maximum atomic E-state index is 13.2. The van der Waals surface area contributed by atoms with Gasteiger partial charge < -0.3 is 4.42 Å². The maximum Gasteiger partial charge on any atom is 0.197 e. The monoisotopic (exact) mass is 290 g/mol. The summed E-state index contributed by atoms with van der Waals surface area (Å²) >= 11 is 8.55. The Morgan fingerprint density at radius 3 is 2.87 bits per heavy atom. The molecule has 2 aromatic rings. The Bertz CT molecular complexity index is 579. The highest BCUT2D eigenvalue weighted by Gasteiger charge is 2.09. The van der Waals surface area contributed by atoms with Crippen LogP contribution in [0.15, 0.2) is 32.1 Å². The third-order valence-electron chi connectivity index (χ3n) is 2.03. The van der Waals surface area contributed by atoms with Crippen LogP contribution in [0.25, 0.3) is 11.0 Å². The predicted octanol–water partition coefficient (Wildman–Crippen LogP) is 3.43. The molecule has 0 aliphatic heterocycles. The van der Waals surface area contributed by atoms with Gasteiger partial charge in [0.25, 0.3) is 0 Å². The predicted molar refractivity (Wildman–Crippen MR) is 59.7 cm³/mol. The van der Waals surface area contributed by atoms with Gasteiger partial charge in [-0.2, -0.15) is 0 Å². The first kappa shape index (κ1) is 10.6. The van der Waals surface area contributed by atoms with E-state index in [9.17, 15) is 9.18 Å². The van der Waals surface area contributed by atoms with Crippen LogP contribution >= 0.6 is 27.5 Å². The fourth-order valence-corrected chi connectivity index (χ4v) is 1.76. The minimum Gasteiger partial charge on any atom is -0.464 e. The van der Waals surface area contributed by atoms with E-state index in [0.29, 0.717) is 11.1 Å². The highest BCUT2D eigenvalue weighted by atomic mass is 79.9. The zero-order valence-corrected chi connectivity index (χ0v) is 9.73. The Kier molecular flexibility index (Phi) is 2.80. The Labute approximate surface area is 97.8 Å². The van der Waals surface area contributed by atoms with Gasteiger partial charge in [0.1, 0.15) is 11.4 Å². The van der Waals surface area contributed by atoms with Crippen molar-refractivity contribution in [2.75, 3.05) is 0 Å². The largest absolute Gasteiger partial charge is 0.464 e. The molecular formula is C10H5BrClFO2. The molecule has 0 bridgehead atoms. The number of fused-ring (bicyclic) bond motifs is 1. The van der Waals surface area contributed by atoms with Gasteiger partial charge >= 0.3 is 0 Å². The van der Waals surface area contributed by atoms with Crippen molar-refractivity contribution in [1.82, 2.24) is 0 Å². The molecule has 0 saturated heterocycles. The van der Waals surface area contributed by atoms with Gasteiger partial charge in [0.15, 0.2) is 5.43 Å². The first-order valence-corrected chi connectivity index (χ1v) is 5.41. The molecule has 0 radical (unpaired) electrons. The molecule has 1 heterocycles. The number of rotatable bonds is 1. The van der Waals surface area contributed by atoms with Gasteiger partial charge in [-0.15, -0.1) is 11.6 Å². The van der Waals surface area contributed by atoms with Crippen LogP contribution < -0.4 is 5.43 Å². The minimum absolute atomic E-state index is 0.0515. The van der Waals surface area contributed by atoms with Gasteiger partial charge in [-0.05, 0) is 28.1 Å². The lowest BCUT2D eigenvalue weighted by atomic mass is 10.2. The van der Waals surface area contributed by atoms with E-state index in [1.165, 1.54) is 12.3 Å². The van der Waals surface area contributed by atoms with Crippen LogP contribution in [0.4, 0.5) is 4.39 Å². The molecule has 2 rings (SSSR count). The van der Waals surface area contributed by atoms with Crippen molar-refractivity contribution in [2.45, 2.75) is 5.88 Å². The van der Waals surface area contributed by atoms with Crippen LogP contribution in [-0.4, -0.2) is 0 Å². The van der Waals surface area contributed by atoms with Gasteiger partial charge in [0.05, 0.1) is 27.6 Å². The Balaban J connectivity index is 2.88. The number of benzene rings is 1. The van der Waals surface area contributed by atoms with E-state index in [0.717, 1.165) is 6.07 Å². The minimum atomic E-state index is -0.499. The van der Waals surface area contributed by atoms with E-state index in [2.05, 4.69) is 15.9 Å². The third-order valence-corrected chi connectivity index (χ3v) is 2.93. The molecule has 0 aliphatic carbocycles. The van der Waals surface area contributed by atoms with Crippen LogP contribution in [0.3, 0.4) is 0 Å². The van der Waals surface area contributed by atoms with Crippen LogP contribution in [0.1, 0.15) is 5.56 Å². The Morgan fingerprint density at radius 1 is 1.47 bits per heavy atom. The summed E-state index contributed by atoms with van der Waals surface area (Å²) in [5.41, 5.74) is 0.366. The molecule has 2 nitrogen and oxygen atoms in total. The number of hydrogen-bond acceptors (Lipinski definition) is 2. The lowest BCUT2D eigenvalue weighted by Gasteiger charge is -2.00. The number of alkyl halides is 1. The quantitative estimate of drug-likeness (QED) is 0.754. The zero-order chi connectivity index (χ0) is 11.0. The fraction of sp³-hybridized carbons (Fsp3) is 0.100. The standard InChI is InChI=1S/C10H5BrClFO2/c11-7-2-9-6(1-8(7)13)10(14)5(3-12)4-15-9/h1-2,4H,3H2. The summed E-state index contributed by atoms with van der Waals surface area (Å²) in [4.78, 5) is 11.7. The summed E-state index contributed by atoms with van der Waals surface area (Å²) < 4.78 is 18.6. The van der Waals surface area contributed by atoms with Crippen molar-refractivity contribution in [1.29, 1.82) is 0 Å². The van der Waals surface area contributed by atoms with E-state index < -0.39 is 5.82 Å². The van der Waals surface area contributed by atoms with E-state index in [-0.39, 0.29) is 21.2 Å². The molecule has 78 valence electrons. The van der Waals surface area contributed by atoms with E-state index in [1.807, 2.05) is 0 Å². The summed E-state index contributed by atoms with van der Waals surface area (Å²) in [6, 6.07) is 2.56. The van der Waals surface area contributed by atoms with Gasteiger partial charge in [0, 0.05) is 0 Å². The topological polar surface area (TPSA) is 30.2 Å². The molecule has 0 aliphatic rings. The number of halogens is 3. The van der Waals surface area contributed by atoms with Crippen molar-refractivity contribution >= 4 is 38.5 Å². The highest BCUT2D eigenvalue weighted by molar-refractivity contribution is 9.10. The average molecular weight is 292 g/mol. The van der Waals surface area contributed by atoms with Crippen LogP contribution in [0, 0.1) is 5.82 Å². The van der Waals surface area contributed by atoms with Crippen LogP contribution in [0.2, 0.25) is 0 Å². The molecule has 5 heteroatoms. The zero-order valence-electron chi connectivity index (χ0n) is 7.39. The fourth-order valence-electron chi connectivity index (χ4n) is 1.26. The summed E-state index contributed by atoms with van der Waals surface area (Å²) in [7, 11) is 0. The molecule has 1 aromatic heterocycles. The maximum absolute atomic E-state index is 13.2. The third kappa shape index (κ3) is 1.79. The van der Waals surface area contributed by atoms with E-state index >= 15 is 0 Å². The molecule has 0 amide bonds. The van der Waals surface area contributed by atoms with Crippen molar-refractivity contribution < 1.29 is 8.81 Å². The summed E-state index contributed by atoms with van der Waals surface area (Å²) in [6.07, 6.45) is 1.29. The molecule has 0 spiro atoms. The second-order valence-electron chi connectivity index (χ2n) is 2.99. The van der Waals surface area contributed by atoms with Crippen molar-refractivity contribution in [3.63, 3.8) is 0 Å². The Morgan fingerprint density at radius 2 is 2.20 bits per heavy atom. The first-order chi connectivity index (χ1) is 7.13. The highest BCUT2D eigenvalue weighted by Crippen LogP contribution is 2.21. The Hall–Kier alpha value is -0.870. The molecule has 0 N–H and O–H groups in total. The van der Waals surface area contributed by atoms with Crippen LogP contribution in [-0.2, 0) is 5.88 Å². The van der Waals surface area contributed by atoms with Gasteiger partial charge in [-0.3, -0.25) is 4.79 Å². The average Bonchev–Trinajstić information content (AvgIpc) is 2.22. The molecule has 0 saturated carbocycles. The summed E-state index contributed by atoms with van der Waals surface area (Å²) in [6.45, 7) is 0. The SMILES string of the molecule is O=c1c(CCl)coc2cc(Br)c(F)cc12. The lowest BCUT2D eigenvalue weighted by molar-refractivity contribution is 0.589. The van der Waals surface area contributed by atoms with Crippen molar-refractivity contribution in [3.05, 3.63) is 44.5 Å². The molecular weight excluding hydrogens is 286 g/mol. The van der Waals surface area contributed by atoms with Crippen molar-refractivity contribution in [3.8, 4) is 0 Å². The summed E-state index contributed by atoms with van der Waals surface area (Å²) in [5.74, 6) is -0.447. The molecule has 15 heavy (non-hydrogen) atoms. The van der Waals surface area contributed by atoms with Crippen molar-refractivity contribution in [2.24, 2.45) is 0 Å². The second kappa shape index (κ2) is 3.94. The molecule has 0 unspecified atom stereocenters. The number of hydrogen-bond donors (Lipinski definition) is 0. The van der Waals surface area contributed by atoms with Gasteiger partial charge in [0.2, 0.25) is 0 Å². The summed E-state index contributed by atoms with van der Waals surface area (Å²) in [5, 5.41) is 0.203. The normalized spacial score (nSPS) is 10.9. The second-order valence-corrected chi connectivity index (χ2v) is 4.11. The smallest absolute Gasteiger partial charge is 0.197 e. The first-order valence-electron chi connectivity index (χ1n) is 4.09. The van der Waals surface area contributed by atoms with Gasteiger partial charge in [-0.1, -0.05) is 0 Å². The van der Waals surface area contributed by atoms with E-state index in [1.54, 1.807) is 0 Å². The van der Waals surface area contributed by atoms with Crippen LogP contribution in [0.5, 0.6) is 0 Å². The van der Waals surface area contributed by atoms with E-state index in [4.69, 9.17) is 16.0 Å².